The smallest absolute Gasteiger partial charge is 0.146 e. The third-order valence-electron chi connectivity index (χ3n) is 0.778. The van der Waals surface area contributed by atoms with E-state index in [2.05, 4.69) is 5.16 Å². The van der Waals surface area contributed by atoms with Gasteiger partial charge in [-0.05, 0) is 6.26 Å². The van der Waals surface area contributed by atoms with Crippen LogP contribution in [0.4, 0.5) is 0 Å². The van der Waals surface area contributed by atoms with Crippen molar-refractivity contribution >= 4 is 11.8 Å². The van der Waals surface area contributed by atoms with Gasteiger partial charge in [0.2, 0.25) is 0 Å². The second kappa shape index (κ2) is 2.77. The normalized spacial score (nSPS) is 9.62. The molecule has 1 aromatic heterocycles. The van der Waals surface area contributed by atoms with Crippen LogP contribution in [0.3, 0.4) is 0 Å². The second-order valence-electron chi connectivity index (χ2n) is 1.41. The molecule has 1 heterocycles. The standard InChI is InChI=1S/C5H7NOS/c1-8-4-5-2-3-6-7-5/h2-3H,4H2,1H3. The molecule has 0 aliphatic carbocycles. The summed E-state index contributed by atoms with van der Waals surface area (Å²) in [5.74, 6) is 1.86. The fourth-order valence-corrected chi connectivity index (χ4v) is 0.892. The van der Waals surface area contributed by atoms with Gasteiger partial charge in [-0.3, -0.25) is 0 Å². The van der Waals surface area contributed by atoms with Crippen LogP contribution in [-0.2, 0) is 5.75 Å². The van der Waals surface area contributed by atoms with Crippen LogP contribution in [0, 0.1) is 0 Å². The molecule has 0 N–H and O–H groups in total. The molecule has 3 heteroatoms. The Morgan fingerprint density at radius 2 is 2.75 bits per heavy atom. The molecule has 0 spiro atoms. The predicted molar refractivity (Wildman–Crippen MR) is 33.7 cm³/mol. The first-order valence-electron chi connectivity index (χ1n) is 2.32. The largest absolute Gasteiger partial charge is 0.361 e. The van der Waals surface area contributed by atoms with E-state index in [-0.39, 0.29) is 0 Å². The minimum atomic E-state index is 0.917. The number of thioether (sulfide) groups is 1. The van der Waals surface area contributed by atoms with Crippen molar-refractivity contribution in [1.82, 2.24) is 5.16 Å². The summed E-state index contributed by atoms with van der Waals surface area (Å²) in [5, 5.41) is 3.55. The second-order valence-corrected chi connectivity index (χ2v) is 2.28. The van der Waals surface area contributed by atoms with E-state index < -0.39 is 0 Å². The molecule has 0 aliphatic heterocycles. The van der Waals surface area contributed by atoms with Gasteiger partial charge in [0.05, 0.1) is 11.9 Å². The summed E-state index contributed by atoms with van der Waals surface area (Å²) in [6.45, 7) is 0. The topological polar surface area (TPSA) is 26.0 Å². The van der Waals surface area contributed by atoms with E-state index in [1.807, 2.05) is 12.3 Å². The van der Waals surface area contributed by atoms with Crippen LogP contribution in [-0.4, -0.2) is 11.4 Å². The van der Waals surface area contributed by atoms with Crippen LogP contribution in [0.15, 0.2) is 16.8 Å². The Bertz CT molecular complexity index is 138. The molecule has 0 fully saturated rings. The highest BCUT2D eigenvalue weighted by molar-refractivity contribution is 7.97. The van der Waals surface area contributed by atoms with Crippen LogP contribution < -0.4 is 0 Å². The zero-order valence-corrected chi connectivity index (χ0v) is 5.44. The van der Waals surface area contributed by atoms with Gasteiger partial charge in [-0.25, -0.2) is 0 Å². The van der Waals surface area contributed by atoms with Gasteiger partial charge in [0.15, 0.2) is 0 Å². The molecule has 0 amide bonds. The van der Waals surface area contributed by atoms with Gasteiger partial charge in [-0.15, -0.1) is 0 Å². The molecule has 0 saturated carbocycles. The Balaban J connectivity index is 2.50. The Kier molecular flexibility index (Phi) is 1.97. The molecular weight excluding hydrogens is 122 g/mol. The monoisotopic (exact) mass is 129 g/mol. The van der Waals surface area contributed by atoms with E-state index in [0.29, 0.717) is 0 Å². The highest BCUT2D eigenvalue weighted by Crippen LogP contribution is 2.05. The molecule has 1 aromatic rings. The third-order valence-corrected chi connectivity index (χ3v) is 1.35. The fourth-order valence-electron chi connectivity index (χ4n) is 0.459. The van der Waals surface area contributed by atoms with Crippen molar-refractivity contribution in [2.45, 2.75) is 5.75 Å². The van der Waals surface area contributed by atoms with Crippen LogP contribution in [0.25, 0.3) is 0 Å². The highest BCUT2D eigenvalue weighted by atomic mass is 32.2. The molecule has 0 radical (unpaired) electrons. The van der Waals surface area contributed by atoms with Crippen LogP contribution in [0.2, 0.25) is 0 Å². The van der Waals surface area contributed by atoms with E-state index in [1.165, 1.54) is 0 Å². The van der Waals surface area contributed by atoms with E-state index in [1.54, 1.807) is 18.0 Å². The van der Waals surface area contributed by atoms with Crippen molar-refractivity contribution in [3.05, 3.63) is 18.0 Å². The van der Waals surface area contributed by atoms with Crippen LogP contribution in [0.5, 0.6) is 0 Å². The average molecular weight is 129 g/mol. The lowest BCUT2D eigenvalue weighted by Crippen LogP contribution is -1.69. The number of rotatable bonds is 2. The molecule has 0 bridgehead atoms. The summed E-state index contributed by atoms with van der Waals surface area (Å²) < 4.78 is 4.80. The first-order chi connectivity index (χ1) is 3.93. The third kappa shape index (κ3) is 1.26. The summed E-state index contributed by atoms with van der Waals surface area (Å²) in [4.78, 5) is 0. The first-order valence-corrected chi connectivity index (χ1v) is 3.71. The molecular formula is C5H7NOS. The summed E-state index contributed by atoms with van der Waals surface area (Å²) >= 11 is 1.73. The van der Waals surface area contributed by atoms with Gasteiger partial charge >= 0.3 is 0 Å². The maximum absolute atomic E-state index is 4.80. The van der Waals surface area contributed by atoms with Gasteiger partial charge in [0.25, 0.3) is 0 Å². The van der Waals surface area contributed by atoms with E-state index in [0.717, 1.165) is 11.5 Å². The van der Waals surface area contributed by atoms with Gasteiger partial charge < -0.3 is 4.52 Å². The molecule has 2 nitrogen and oxygen atoms in total. The molecule has 0 aliphatic rings. The summed E-state index contributed by atoms with van der Waals surface area (Å²) in [6.07, 6.45) is 3.69. The van der Waals surface area contributed by atoms with E-state index in [4.69, 9.17) is 4.52 Å². The lowest BCUT2D eigenvalue weighted by Gasteiger charge is -1.83. The van der Waals surface area contributed by atoms with Crippen molar-refractivity contribution in [3.63, 3.8) is 0 Å². The average Bonchev–Trinajstić information content (AvgIpc) is 2.19. The van der Waals surface area contributed by atoms with Crippen LogP contribution in [0.1, 0.15) is 5.76 Å². The van der Waals surface area contributed by atoms with Gasteiger partial charge in [0, 0.05) is 6.07 Å². The van der Waals surface area contributed by atoms with Gasteiger partial charge in [-0.2, -0.15) is 11.8 Å². The molecule has 1 rings (SSSR count). The number of hydrogen-bond donors (Lipinski definition) is 0. The Labute approximate surface area is 52.2 Å². The van der Waals surface area contributed by atoms with Crippen molar-refractivity contribution in [3.8, 4) is 0 Å². The first kappa shape index (κ1) is 5.69. The van der Waals surface area contributed by atoms with E-state index >= 15 is 0 Å². The molecule has 0 aromatic carbocycles. The van der Waals surface area contributed by atoms with Crippen molar-refractivity contribution in [2.24, 2.45) is 0 Å². The number of nitrogens with zero attached hydrogens (tertiary/aromatic N) is 1. The Morgan fingerprint density at radius 3 is 3.25 bits per heavy atom. The highest BCUT2D eigenvalue weighted by Gasteiger charge is 1.91. The quantitative estimate of drug-likeness (QED) is 0.605. The number of hydrogen-bond acceptors (Lipinski definition) is 3. The van der Waals surface area contributed by atoms with Crippen molar-refractivity contribution < 1.29 is 4.52 Å². The minimum Gasteiger partial charge on any atom is -0.361 e. The van der Waals surface area contributed by atoms with Crippen molar-refractivity contribution in [2.75, 3.05) is 6.26 Å². The Hall–Kier alpha value is -0.440. The predicted octanol–water partition coefficient (Wildman–Crippen LogP) is 1.54. The summed E-state index contributed by atoms with van der Waals surface area (Å²) in [6, 6.07) is 1.87. The SMILES string of the molecule is CSCc1ccno1. The van der Waals surface area contributed by atoms with E-state index in [9.17, 15) is 0 Å². The molecule has 8 heavy (non-hydrogen) atoms. The minimum absolute atomic E-state index is 0.917. The molecule has 0 unspecified atom stereocenters. The van der Waals surface area contributed by atoms with Gasteiger partial charge in [-0.1, -0.05) is 5.16 Å². The zero-order chi connectivity index (χ0) is 5.82. The molecule has 44 valence electrons. The van der Waals surface area contributed by atoms with Crippen LogP contribution >= 0.6 is 11.8 Å². The summed E-state index contributed by atoms with van der Waals surface area (Å²) in [7, 11) is 0. The number of aromatic nitrogens is 1. The molecule has 0 atom stereocenters. The Morgan fingerprint density at radius 1 is 1.88 bits per heavy atom. The fraction of sp³-hybridized carbons (Fsp3) is 0.400. The summed E-state index contributed by atoms with van der Waals surface area (Å²) in [5.41, 5.74) is 0. The van der Waals surface area contributed by atoms with Crippen molar-refractivity contribution in [1.29, 1.82) is 0 Å². The molecule has 0 saturated heterocycles. The zero-order valence-electron chi connectivity index (χ0n) is 4.63. The lowest BCUT2D eigenvalue weighted by atomic mass is 10.5. The maximum Gasteiger partial charge on any atom is 0.146 e. The van der Waals surface area contributed by atoms with Gasteiger partial charge in [0.1, 0.15) is 5.76 Å². The lowest BCUT2D eigenvalue weighted by molar-refractivity contribution is 0.395. The maximum atomic E-state index is 4.80.